The zero-order valence-corrected chi connectivity index (χ0v) is 16.5. The van der Waals surface area contributed by atoms with Crippen LogP contribution in [-0.2, 0) is 0 Å². The number of nitrogens with zero attached hydrogens (tertiary/aromatic N) is 3. The summed E-state index contributed by atoms with van der Waals surface area (Å²) in [6, 6.07) is 9.77. The number of hydrogen-bond acceptors (Lipinski definition) is 6. The summed E-state index contributed by atoms with van der Waals surface area (Å²) in [7, 11) is 1.59. The van der Waals surface area contributed by atoms with Gasteiger partial charge in [-0.05, 0) is 48.9 Å². The Kier molecular flexibility index (Phi) is 4.26. The smallest absolute Gasteiger partial charge is 0.312 e. The quantitative estimate of drug-likeness (QED) is 0.303. The number of ether oxygens (including phenoxy) is 1. The summed E-state index contributed by atoms with van der Waals surface area (Å²) in [5.41, 5.74) is 5.20. The van der Waals surface area contributed by atoms with Crippen LogP contribution in [0, 0.1) is 12.7 Å². The average molecular weight is 417 g/mol. The molecule has 31 heavy (non-hydrogen) atoms. The van der Waals surface area contributed by atoms with Crippen molar-refractivity contribution in [1.29, 1.82) is 0 Å². The number of rotatable bonds is 3. The highest BCUT2D eigenvalue weighted by molar-refractivity contribution is 6.15. The zero-order chi connectivity index (χ0) is 21.7. The van der Waals surface area contributed by atoms with Crippen molar-refractivity contribution in [3.63, 3.8) is 0 Å². The molecule has 0 unspecified atom stereocenters. The first kappa shape index (κ1) is 18.9. The number of carbonyl (C=O) groups is 1. The van der Waals surface area contributed by atoms with Gasteiger partial charge in [-0.3, -0.25) is 15.0 Å². The van der Waals surface area contributed by atoms with Crippen LogP contribution in [0.5, 0.6) is 5.75 Å². The lowest BCUT2D eigenvalue weighted by Crippen LogP contribution is -2.21. The summed E-state index contributed by atoms with van der Waals surface area (Å²) < 4.78 is 19.5. The van der Waals surface area contributed by atoms with E-state index in [4.69, 9.17) is 9.94 Å². The van der Waals surface area contributed by atoms with Crippen molar-refractivity contribution in [2.75, 3.05) is 7.11 Å². The molecule has 154 valence electrons. The molecule has 5 aromatic rings. The number of nitrogens with one attached hydrogen (secondary N) is 2. The number of fused-ring (bicyclic) bond motifs is 4. The van der Waals surface area contributed by atoms with E-state index in [1.54, 1.807) is 30.9 Å². The molecule has 1 amide bonds. The van der Waals surface area contributed by atoms with Crippen LogP contribution in [-0.4, -0.2) is 38.2 Å². The molecule has 0 aliphatic carbocycles. The first-order chi connectivity index (χ1) is 15.0. The summed E-state index contributed by atoms with van der Waals surface area (Å²) >= 11 is 0. The van der Waals surface area contributed by atoms with Crippen molar-refractivity contribution in [3.05, 3.63) is 59.8 Å². The molecule has 0 saturated heterocycles. The van der Waals surface area contributed by atoms with Gasteiger partial charge in [0.2, 0.25) is 5.82 Å². The highest BCUT2D eigenvalue weighted by Gasteiger charge is 2.21. The highest BCUT2D eigenvalue weighted by atomic mass is 19.1. The number of halogens is 1. The molecule has 0 aliphatic heterocycles. The summed E-state index contributed by atoms with van der Waals surface area (Å²) in [6.07, 6.45) is 1.59. The van der Waals surface area contributed by atoms with E-state index in [0.29, 0.717) is 38.9 Å². The Morgan fingerprint density at radius 3 is 2.77 bits per heavy atom. The molecule has 3 N–H and O–H groups in total. The van der Waals surface area contributed by atoms with Gasteiger partial charge < -0.3 is 9.72 Å². The minimum atomic E-state index is -0.861. The Balaban J connectivity index is 1.95. The molecule has 3 aromatic heterocycles. The van der Waals surface area contributed by atoms with Crippen molar-refractivity contribution >= 4 is 38.7 Å². The van der Waals surface area contributed by atoms with E-state index in [9.17, 15) is 9.18 Å². The number of hydroxylamine groups is 1. The molecule has 0 fully saturated rings. The Morgan fingerprint density at radius 2 is 2.00 bits per heavy atom. The molecule has 0 bridgehead atoms. The minimum absolute atomic E-state index is 0.235. The number of hydrogen-bond donors (Lipinski definition) is 3. The predicted octanol–water partition coefficient (Wildman–Crippen LogP) is 3.90. The van der Waals surface area contributed by atoms with Crippen LogP contribution in [0.4, 0.5) is 4.39 Å². The van der Waals surface area contributed by atoms with E-state index in [1.807, 2.05) is 19.1 Å². The third kappa shape index (κ3) is 2.94. The Bertz CT molecular complexity index is 1510. The lowest BCUT2D eigenvalue weighted by Gasteiger charge is -2.10. The normalized spacial score (nSPS) is 11.4. The maximum absolute atomic E-state index is 14.1. The first-order valence-corrected chi connectivity index (χ1v) is 9.37. The highest BCUT2D eigenvalue weighted by Crippen LogP contribution is 2.37. The van der Waals surface area contributed by atoms with Crippen molar-refractivity contribution in [1.82, 2.24) is 25.4 Å². The fraction of sp³-hybridized carbons (Fsp3) is 0.0909. The monoisotopic (exact) mass is 417 g/mol. The molecule has 5 rings (SSSR count). The lowest BCUT2D eigenvalue weighted by molar-refractivity contribution is 0.0695. The van der Waals surface area contributed by atoms with Crippen LogP contribution in [0.1, 0.15) is 16.2 Å². The van der Waals surface area contributed by atoms with Gasteiger partial charge in [0.25, 0.3) is 0 Å². The Hall–Kier alpha value is -4.11. The zero-order valence-electron chi connectivity index (χ0n) is 16.5. The number of aromatic nitrogens is 4. The molecule has 0 radical (unpaired) electrons. The molecular weight excluding hydrogens is 401 g/mol. The molecule has 0 saturated carbocycles. The second-order valence-corrected chi connectivity index (χ2v) is 7.07. The molecule has 9 heteroatoms. The summed E-state index contributed by atoms with van der Waals surface area (Å²) in [5.74, 6) is -0.833. The number of aryl methyl sites for hydroxylation is 1. The maximum atomic E-state index is 14.1. The first-order valence-electron chi connectivity index (χ1n) is 9.37. The SMILES string of the molecule is COc1cc2c(cc1C)[nH]c1nc(C(=O)NO)nc(-c3ccnc4ccc(F)cc34)c12. The number of carbonyl (C=O) groups excluding carboxylic acids is 1. The third-order valence-electron chi connectivity index (χ3n) is 5.23. The van der Waals surface area contributed by atoms with E-state index >= 15 is 0 Å². The van der Waals surface area contributed by atoms with Crippen LogP contribution >= 0.6 is 0 Å². The number of benzene rings is 2. The van der Waals surface area contributed by atoms with Gasteiger partial charge in [0.05, 0.1) is 23.7 Å². The second-order valence-electron chi connectivity index (χ2n) is 7.07. The van der Waals surface area contributed by atoms with E-state index in [1.165, 1.54) is 12.1 Å². The topological polar surface area (TPSA) is 113 Å². The maximum Gasteiger partial charge on any atom is 0.312 e. The van der Waals surface area contributed by atoms with Crippen LogP contribution in [0.15, 0.2) is 42.6 Å². The van der Waals surface area contributed by atoms with Crippen molar-refractivity contribution in [2.24, 2.45) is 0 Å². The largest absolute Gasteiger partial charge is 0.496 e. The van der Waals surface area contributed by atoms with Gasteiger partial charge >= 0.3 is 5.91 Å². The number of amides is 1. The fourth-order valence-corrected chi connectivity index (χ4v) is 3.82. The van der Waals surface area contributed by atoms with Gasteiger partial charge in [-0.15, -0.1) is 0 Å². The number of pyridine rings is 1. The molecule has 0 atom stereocenters. The Morgan fingerprint density at radius 1 is 1.16 bits per heavy atom. The lowest BCUT2D eigenvalue weighted by atomic mass is 10.0. The van der Waals surface area contributed by atoms with E-state index in [0.717, 1.165) is 16.5 Å². The van der Waals surface area contributed by atoms with Gasteiger partial charge in [0.1, 0.15) is 17.2 Å². The number of H-pyrrole nitrogens is 1. The summed E-state index contributed by atoms with van der Waals surface area (Å²) in [6.45, 7) is 1.92. The van der Waals surface area contributed by atoms with Gasteiger partial charge in [-0.1, -0.05) is 0 Å². The van der Waals surface area contributed by atoms with Gasteiger partial charge in [-0.25, -0.2) is 19.8 Å². The number of methoxy groups -OCH3 is 1. The standard InChI is InChI=1S/C22H16FN5O3/c1-10-7-16-14(9-17(10)31-2)18-19(26-21(22(29)28-30)27-20(18)25-16)12-5-6-24-15-4-3-11(23)8-13(12)15/h3-9,30H,1-2H3,(H,28,29)(H,25,26,27). The second kappa shape index (κ2) is 6.99. The summed E-state index contributed by atoms with van der Waals surface area (Å²) in [5, 5.41) is 11.1. The molecule has 3 heterocycles. The third-order valence-corrected chi connectivity index (χ3v) is 5.23. The molecule has 0 aliphatic rings. The van der Waals surface area contributed by atoms with E-state index in [-0.39, 0.29) is 5.82 Å². The summed E-state index contributed by atoms with van der Waals surface area (Å²) in [4.78, 5) is 28.3. The van der Waals surface area contributed by atoms with E-state index in [2.05, 4.69) is 19.9 Å². The van der Waals surface area contributed by atoms with Crippen molar-refractivity contribution in [3.8, 4) is 17.0 Å². The van der Waals surface area contributed by atoms with Gasteiger partial charge in [0, 0.05) is 28.0 Å². The van der Waals surface area contributed by atoms with Crippen molar-refractivity contribution < 1.29 is 19.1 Å². The van der Waals surface area contributed by atoms with Crippen LogP contribution in [0.3, 0.4) is 0 Å². The van der Waals surface area contributed by atoms with Crippen LogP contribution in [0.2, 0.25) is 0 Å². The predicted molar refractivity (Wildman–Crippen MR) is 113 cm³/mol. The molecule has 8 nitrogen and oxygen atoms in total. The van der Waals surface area contributed by atoms with Crippen molar-refractivity contribution in [2.45, 2.75) is 6.92 Å². The molecule has 2 aromatic carbocycles. The van der Waals surface area contributed by atoms with Gasteiger partial charge in [-0.2, -0.15) is 0 Å². The minimum Gasteiger partial charge on any atom is -0.496 e. The number of aromatic amines is 1. The van der Waals surface area contributed by atoms with Gasteiger partial charge in [0.15, 0.2) is 0 Å². The van der Waals surface area contributed by atoms with Crippen LogP contribution in [0.25, 0.3) is 44.1 Å². The molecule has 0 spiro atoms. The average Bonchev–Trinajstić information content (AvgIpc) is 3.13. The molecular formula is C22H16FN5O3. The Labute approximate surface area is 174 Å². The fourth-order valence-electron chi connectivity index (χ4n) is 3.82. The van der Waals surface area contributed by atoms with E-state index < -0.39 is 11.7 Å². The van der Waals surface area contributed by atoms with Crippen LogP contribution < -0.4 is 10.2 Å².